The van der Waals surface area contributed by atoms with E-state index in [9.17, 15) is 27.9 Å². The Balaban J connectivity index is 1.67. The molecule has 2 rings (SSSR count). The lowest BCUT2D eigenvalue weighted by Gasteiger charge is -2.34. The summed E-state index contributed by atoms with van der Waals surface area (Å²) in [5, 5.41) is 12.6. The number of nitrogens with zero attached hydrogens (tertiary/aromatic N) is 1. The molecule has 1 saturated heterocycles. The third kappa shape index (κ3) is 7.09. The van der Waals surface area contributed by atoms with Gasteiger partial charge in [0.1, 0.15) is 0 Å². The minimum absolute atomic E-state index is 0.0208. The van der Waals surface area contributed by atoms with Gasteiger partial charge in [0.2, 0.25) is 5.91 Å². The van der Waals surface area contributed by atoms with E-state index in [0.717, 1.165) is 5.56 Å². The van der Waals surface area contributed by atoms with Crippen molar-refractivity contribution in [3.63, 3.8) is 0 Å². The molecule has 1 aliphatic rings. The molecule has 27 heavy (non-hydrogen) atoms. The fourth-order valence-corrected chi connectivity index (χ4v) is 3.01. The van der Waals surface area contributed by atoms with Gasteiger partial charge in [0.15, 0.2) is 6.61 Å². The molecule has 150 valence electrons. The van der Waals surface area contributed by atoms with E-state index >= 15 is 0 Å². The first kappa shape index (κ1) is 21.0. The molecule has 1 atom stereocenters. The number of ether oxygens (including phenoxy) is 1. The number of carbonyl (C=O) groups excluding carboxylic acids is 2. The van der Waals surface area contributed by atoms with Crippen molar-refractivity contribution in [2.45, 2.75) is 31.5 Å². The topological polar surface area (TPSA) is 78.9 Å². The van der Waals surface area contributed by atoms with Crippen LogP contribution in [-0.2, 0) is 9.53 Å². The van der Waals surface area contributed by atoms with E-state index in [1.54, 1.807) is 4.90 Å². The summed E-state index contributed by atoms with van der Waals surface area (Å²) >= 11 is 0. The van der Waals surface area contributed by atoms with E-state index in [1.165, 1.54) is 0 Å². The molecule has 0 saturated carbocycles. The number of carbonyl (C=O) groups is 2. The number of hydrogen-bond acceptors (Lipinski definition) is 4. The van der Waals surface area contributed by atoms with Crippen LogP contribution in [0.3, 0.4) is 0 Å². The SMILES string of the molecule is O=C(NCCC(=O)N1CCC(C(O)c2ccccc2)CC1)OCC(F)(F)F. The third-order valence-corrected chi connectivity index (χ3v) is 4.46. The average Bonchev–Trinajstić information content (AvgIpc) is 2.66. The molecule has 1 aromatic rings. The molecule has 2 N–H and O–H groups in total. The Morgan fingerprint density at radius 1 is 1.22 bits per heavy atom. The van der Waals surface area contributed by atoms with E-state index in [2.05, 4.69) is 10.1 Å². The summed E-state index contributed by atoms with van der Waals surface area (Å²) in [6.45, 7) is -0.774. The van der Waals surface area contributed by atoms with Crippen LogP contribution in [-0.4, -0.2) is 54.4 Å². The van der Waals surface area contributed by atoms with Crippen LogP contribution in [0.1, 0.15) is 30.9 Å². The van der Waals surface area contributed by atoms with Crippen LogP contribution in [0.5, 0.6) is 0 Å². The van der Waals surface area contributed by atoms with Crippen LogP contribution < -0.4 is 5.32 Å². The number of halogens is 3. The molecule has 1 unspecified atom stereocenters. The van der Waals surface area contributed by atoms with E-state index < -0.39 is 25.0 Å². The highest BCUT2D eigenvalue weighted by Gasteiger charge is 2.30. The largest absolute Gasteiger partial charge is 0.440 e. The molecule has 6 nitrogen and oxygen atoms in total. The Morgan fingerprint density at radius 3 is 2.44 bits per heavy atom. The predicted molar refractivity (Wildman–Crippen MR) is 90.7 cm³/mol. The van der Waals surface area contributed by atoms with Crippen molar-refractivity contribution < 1.29 is 32.6 Å². The monoisotopic (exact) mass is 388 g/mol. The molecule has 9 heteroatoms. The van der Waals surface area contributed by atoms with Crippen LogP contribution in [0, 0.1) is 5.92 Å². The highest BCUT2D eigenvalue weighted by Crippen LogP contribution is 2.30. The summed E-state index contributed by atoms with van der Waals surface area (Å²) in [4.78, 5) is 24.9. The van der Waals surface area contributed by atoms with Gasteiger partial charge in [-0.2, -0.15) is 13.2 Å². The minimum atomic E-state index is -4.58. The number of alkyl halides is 3. The summed E-state index contributed by atoms with van der Waals surface area (Å²) in [6.07, 6.45) is -5.07. The maximum atomic E-state index is 12.1. The molecule has 0 radical (unpaired) electrons. The smallest absolute Gasteiger partial charge is 0.422 e. The van der Waals surface area contributed by atoms with Gasteiger partial charge in [-0.25, -0.2) is 4.79 Å². The predicted octanol–water partition coefficient (Wildman–Crippen LogP) is 2.64. The highest BCUT2D eigenvalue weighted by atomic mass is 19.4. The van der Waals surface area contributed by atoms with Crippen molar-refractivity contribution in [3.8, 4) is 0 Å². The number of nitrogens with one attached hydrogen (secondary N) is 1. The lowest BCUT2D eigenvalue weighted by atomic mass is 9.87. The number of alkyl carbamates (subject to hydrolysis) is 1. The number of benzene rings is 1. The molecule has 1 aliphatic heterocycles. The standard InChI is InChI=1S/C18H23F3N2O4/c19-18(20,21)12-27-17(26)22-9-6-15(24)23-10-7-14(8-11-23)16(25)13-4-2-1-3-5-13/h1-5,14,16,25H,6-12H2,(H,22,26). The summed E-state index contributed by atoms with van der Waals surface area (Å²) in [6, 6.07) is 9.34. The van der Waals surface area contributed by atoms with E-state index in [0.29, 0.717) is 25.9 Å². The van der Waals surface area contributed by atoms with Crippen LogP contribution >= 0.6 is 0 Å². The first-order valence-corrected chi connectivity index (χ1v) is 8.74. The molecule has 0 aromatic heterocycles. The molecular weight excluding hydrogens is 365 g/mol. The Labute approximate surface area is 155 Å². The van der Waals surface area contributed by atoms with Crippen LogP contribution in [0.4, 0.5) is 18.0 Å². The Morgan fingerprint density at radius 2 is 1.85 bits per heavy atom. The van der Waals surface area contributed by atoms with Gasteiger partial charge in [-0.05, 0) is 24.3 Å². The number of hydrogen-bond donors (Lipinski definition) is 2. The third-order valence-electron chi connectivity index (χ3n) is 4.46. The van der Waals surface area contributed by atoms with Crippen molar-refractivity contribution in [3.05, 3.63) is 35.9 Å². The fraction of sp³-hybridized carbons (Fsp3) is 0.556. The summed E-state index contributed by atoms with van der Waals surface area (Å²) < 4.78 is 39.8. The first-order valence-electron chi connectivity index (χ1n) is 8.74. The normalized spacial score (nSPS) is 16.7. The van der Waals surface area contributed by atoms with Gasteiger partial charge in [0.05, 0.1) is 6.10 Å². The van der Waals surface area contributed by atoms with Crippen LogP contribution in [0.15, 0.2) is 30.3 Å². The number of aliphatic hydroxyl groups is 1. The van der Waals surface area contributed by atoms with E-state index in [-0.39, 0.29) is 24.8 Å². The van der Waals surface area contributed by atoms with E-state index in [4.69, 9.17) is 0 Å². The Bertz CT molecular complexity index is 617. The van der Waals surface area contributed by atoms with Crippen molar-refractivity contribution in [2.24, 2.45) is 5.92 Å². The van der Waals surface area contributed by atoms with Gasteiger partial charge >= 0.3 is 12.3 Å². The van der Waals surface area contributed by atoms with Gasteiger partial charge in [-0.15, -0.1) is 0 Å². The van der Waals surface area contributed by atoms with Gasteiger partial charge < -0.3 is 20.1 Å². The zero-order valence-corrected chi connectivity index (χ0v) is 14.7. The maximum absolute atomic E-state index is 12.1. The lowest BCUT2D eigenvalue weighted by molar-refractivity contribution is -0.160. The molecular formula is C18H23F3N2O4. The zero-order chi connectivity index (χ0) is 19.9. The van der Waals surface area contributed by atoms with Gasteiger partial charge in [-0.3, -0.25) is 4.79 Å². The van der Waals surface area contributed by atoms with E-state index in [1.807, 2.05) is 30.3 Å². The highest BCUT2D eigenvalue weighted by molar-refractivity contribution is 5.77. The van der Waals surface area contributed by atoms with Crippen molar-refractivity contribution in [1.82, 2.24) is 10.2 Å². The summed E-state index contributed by atoms with van der Waals surface area (Å²) in [5.41, 5.74) is 0.851. The fourth-order valence-electron chi connectivity index (χ4n) is 3.01. The van der Waals surface area contributed by atoms with Crippen molar-refractivity contribution >= 4 is 12.0 Å². The average molecular weight is 388 g/mol. The zero-order valence-electron chi connectivity index (χ0n) is 14.7. The quantitative estimate of drug-likeness (QED) is 0.785. The number of amides is 2. The maximum Gasteiger partial charge on any atom is 0.422 e. The molecule has 1 fully saturated rings. The van der Waals surface area contributed by atoms with Gasteiger partial charge in [-0.1, -0.05) is 30.3 Å². The number of aliphatic hydroxyl groups excluding tert-OH is 1. The minimum Gasteiger partial charge on any atom is -0.440 e. The number of rotatable bonds is 6. The summed E-state index contributed by atoms with van der Waals surface area (Å²) in [7, 11) is 0. The molecule has 0 bridgehead atoms. The second-order valence-electron chi connectivity index (χ2n) is 6.44. The van der Waals surface area contributed by atoms with Gasteiger partial charge in [0.25, 0.3) is 0 Å². The second-order valence-corrected chi connectivity index (χ2v) is 6.44. The number of likely N-dealkylation sites (tertiary alicyclic amines) is 1. The van der Waals surface area contributed by atoms with Crippen LogP contribution in [0.2, 0.25) is 0 Å². The van der Waals surface area contributed by atoms with Crippen molar-refractivity contribution in [1.29, 1.82) is 0 Å². The van der Waals surface area contributed by atoms with Gasteiger partial charge in [0, 0.05) is 26.1 Å². The second kappa shape index (κ2) is 9.59. The number of piperidine rings is 1. The van der Waals surface area contributed by atoms with Crippen LogP contribution in [0.25, 0.3) is 0 Å². The summed E-state index contributed by atoms with van der Waals surface area (Å²) in [5.74, 6) is -0.134. The lowest BCUT2D eigenvalue weighted by Crippen LogP contribution is -2.41. The Kier molecular flexibility index (Phi) is 7.46. The first-order chi connectivity index (χ1) is 12.8. The molecule has 1 heterocycles. The molecule has 0 spiro atoms. The van der Waals surface area contributed by atoms with Crippen molar-refractivity contribution in [2.75, 3.05) is 26.2 Å². The Hall–Kier alpha value is -2.29. The molecule has 2 amide bonds. The molecule has 1 aromatic carbocycles. The molecule has 0 aliphatic carbocycles.